The van der Waals surface area contributed by atoms with Crippen molar-refractivity contribution >= 4 is 5.97 Å². The molecule has 0 spiro atoms. The molecule has 4 rings (SSSR count). The molecule has 0 aliphatic heterocycles. The summed E-state index contributed by atoms with van der Waals surface area (Å²) >= 11 is 0. The van der Waals surface area contributed by atoms with Crippen molar-refractivity contribution in [2.75, 3.05) is 0 Å². The standard InChI is InChI=1S/C25H28N2O3/c1-2-22-23(25(28)29)26-27(24(22)19-11-7-4-8-12-19)20-13-15-21(16-14-20)30-17-18-9-5-3-6-10-18/h3,5-6,9-10,13-16,19H,2,4,7-8,11-12,17H2,1H3,(H,28,29). The molecule has 5 heteroatoms. The van der Waals surface area contributed by atoms with Crippen molar-refractivity contribution < 1.29 is 14.6 Å². The van der Waals surface area contributed by atoms with Crippen molar-refractivity contribution in [1.82, 2.24) is 9.78 Å². The quantitative estimate of drug-likeness (QED) is 0.544. The Labute approximate surface area is 177 Å². The van der Waals surface area contributed by atoms with E-state index < -0.39 is 5.97 Å². The normalized spacial score (nSPS) is 14.6. The van der Waals surface area contributed by atoms with Gasteiger partial charge in [0.05, 0.1) is 11.4 Å². The van der Waals surface area contributed by atoms with Gasteiger partial charge < -0.3 is 9.84 Å². The highest BCUT2D eigenvalue weighted by Gasteiger charge is 2.28. The third kappa shape index (κ3) is 4.25. The van der Waals surface area contributed by atoms with Crippen LogP contribution >= 0.6 is 0 Å². The second kappa shape index (κ2) is 9.16. The maximum atomic E-state index is 11.8. The third-order valence-electron chi connectivity index (χ3n) is 5.90. The van der Waals surface area contributed by atoms with Crippen LogP contribution in [0.25, 0.3) is 5.69 Å². The van der Waals surface area contributed by atoms with Gasteiger partial charge in [0, 0.05) is 11.5 Å². The van der Waals surface area contributed by atoms with E-state index >= 15 is 0 Å². The number of hydrogen-bond donors (Lipinski definition) is 1. The lowest BCUT2D eigenvalue weighted by molar-refractivity contribution is 0.0689. The predicted molar refractivity (Wildman–Crippen MR) is 117 cm³/mol. The largest absolute Gasteiger partial charge is 0.489 e. The summed E-state index contributed by atoms with van der Waals surface area (Å²) in [6.07, 6.45) is 6.49. The minimum atomic E-state index is -0.953. The van der Waals surface area contributed by atoms with Crippen molar-refractivity contribution in [3.63, 3.8) is 0 Å². The summed E-state index contributed by atoms with van der Waals surface area (Å²) in [4.78, 5) is 11.8. The number of hydrogen-bond acceptors (Lipinski definition) is 3. The van der Waals surface area contributed by atoms with E-state index in [1.807, 2.05) is 66.2 Å². The minimum absolute atomic E-state index is 0.183. The molecule has 0 atom stereocenters. The average Bonchev–Trinajstić information content (AvgIpc) is 3.19. The molecule has 1 aliphatic carbocycles. The summed E-state index contributed by atoms with van der Waals surface area (Å²) < 4.78 is 7.75. The Kier molecular flexibility index (Phi) is 6.17. The van der Waals surface area contributed by atoms with Crippen molar-refractivity contribution in [2.45, 2.75) is 58.0 Å². The van der Waals surface area contributed by atoms with E-state index in [9.17, 15) is 9.90 Å². The van der Waals surface area contributed by atoms with Crippen molar-refractivity contribution in [2.24, 2.45) is 0 Å². The SMILES string of the molecule is CCc1c(C(=O)O)nn(-c2ccc(OCc3ccccc3)cc2)c1C1CCCCC1. The maximum absolute atomic E-state index is 11.8. The Morgan fingerprint density at radius 3 is 2.40 bits per heavy atom. The number of benzene rings is 2. The number of ether oxygens (including phenoxy) is 1. The molecule has 0 saturated heterocycles. The van der Waals surface area contributed by atoms with E-state index in [1.54, 1.807) is 0 Å². The number of carbonyl (C=O) groups is 1. The highest BCUT2D eigenvalue weighted by atomic mass is 16.5. The number of aromatic nitrogens is 2. The molecule has 0 unspecified atom stereocenters. The van der Waals surface area contributed by atoms with Gasteiger partial charge >= 0.3 is 5.97 Å². The van der Waals surface area contributed by atoms with E-state index in [-0.39, 0.29) is 5.69 Å². The molecule has 3 aromatic rings. The molecule has 30 heavy (non-hydrogen) atoms. The number of aromatic carboxylic acids is 1. The monoisotopic (exact) mass is 404 g/mol. The fourth-order valence-corrected chi connectivity index (χ4v) is 4.40. The van der Waals surface area contributed by atoms with Gasteiger partial charge in [-0.2, -0.15) is 5.10 Å². The van der Waals surface area contributed by atoms with Crippen LogP contribution in [0.1, 0.15) is 72.3 Å². The molecule has 0 radical (unpaired) electrons. The molecule has 1 fully saturated rings. The van der Waals surface area contributed by atoms with Gasteiger partial charge in [0.2, 0.25) is 0 Å². The Morgan fingerprint density at radius 2 is 1.77 bits per heavy atom. The van der Waals surface area contributed by atoms with E-state index in [0.29, 0.717) is 18.9 Å². The zero-order valence-corrected chi connectivity index (χ0v) is 17.4. The molecule has 156 valence electrons. The lowest BCUT2D eigenvalue weighted by atomic mass is 9.84. The van der Waals surface area contributed by atoms with E-state index in [0.717, 1.165) is 41.1 Å². The summed E-state index contributed by atoms with van der Waals surface area (Å²) in [5.41, 5.74) is 4.13. The van der Waals surface area contributed by atoms with Gasteiger partial charge in [0.1, 0.15) is 12.4 Å². The first-order valence-electron chi connectivity index (χ1n) is 10.8. The third-order valence-corrected chi connectivity index (χ3v) is 5.90. The van der Waals surface area contributed by atoms with Crippen molar-refractivity contribution in [3.8, 4) is 11.4 Å². The molecule has 0 amide bonds. The zero-order valence-electron chi connectivity index (χ0n) is 17.4. The second-order valence-electron chi connectivity index (χ2n) is 7.89. The number of rotatable bonds is 7. The van der Waals surface area contributed by atoms with Crippen molar-refractivity contribution in [1.29, 1.82) is 0 Å². The van der Waals surface area contributed by atoms with Crippen LogP contribution in [-0.4, -0.2) is 20.9 Å². The zero-order chi connectivity index (χ0) is 20.9. The van der Waals surface area contributed by atoms with Crippen LogP contribution in [0, 0.1) is 0 Å². The van der Waals surface area contributed by atoms with Gasteiger partial charge in [-0.15, -0.1) is 0 Å². The molecule has 1 aromatic heterocycles. The molecule has 0 bridgehead atoms. The summed E-state index contributed by atoms with van der Waals surface area (Å²) in [6.45, 7) is 2.53. The molecule has 2 aromatic carbocycles. The van der Waals surface area contributed by atoms with Gasteiger partial charge in [0.15, 0.2) is 5.69 Å². The second-order valence-corrected chi connectivity index (χ2v) is 7.89. The fourth-order valence-electron chi connectivity index (χ4n) is 4.40. The van der Waals surface area contributed by atoms with Crippen molar-refractivity contribution in [3.05, 3.63) is 77.1 Å². The smallest absolute Gasteiger partial charge is 0.356 e. The van der Waals surface area contributed by atoms with Crippen LogP contribution in [0.4, 0.5) is 0 Å². The van der Waals surface area contributed by atoms with Crippen LogP contribution in [0.2, 0.25) is 0 Å². The van der Waals surface area contributed by atoms with Gasteiger partial charge in [-0.1, -0.05) is 56.5 Å². The number of carboxylic acid groups (broad SMARTS) is 1. The molecule has 1 N–H and O–H groups in total. The molecule has 5 nitrogen and oxygen atoms in total. The van der Waals surface area contributed by atoms with E-state index in [4.69, 9.17) is 4.74 Å². The van der Waals surface area contributed by atoms with Gasteiger partial charge in [-0.25, -0.2) is 9.48 Å². The summed E-state index contributed by atoms with van der Waals surface area (Å²) in [7, 11) is 0. The first kappa shape index (κ1) is 20.2. The van der Waals surface area contributed by atoms with Crippen LogP contribution in [0.3, 0.4) is 0 Å². The van der Waals surface area contributed by atoms with Gasteiger partial charge in [0.25, 0.3) is 0 Å². The summed E-state index contributed by atoms with van der Waals surface area (Å²) in [6, 6.07) is 17.8. The highest BCUT2D eigenvalue weighted by Crippen LogP contribution is 2.37. The first-order chi connectivity index (χ1) is 14.7. The minimum Gasteiger partial charge on any atom is -0.489 e. The Hall–Kier alpha value is -3.08. The van der Waals surface area contributed by atoms with Crippen LogP contribution < -0.4 is 4.74 Å². The van der Waals surface area contributed by atoms with Crippen LogP contribution in [0.5, 0.6) is 5.75 Å². The topological polar surface area (TPSA) is 64.3 Å². The Morgan fingerprint density at radius 1 is 1.07 bits per heavy atom. The molecule has 1 saturated carbocycles. The van der Waals surface area contributed by atoms with E-state index in [1.165, 1.54) is 19.3 Å². The average molecular weight is 405 g/mol. The van der Waals surface area contributed by atoms with Crippen LogP contribution in [-0.2, 0) is 13.0 Å². The lowest BCUT2D eigenvalue weighted by Gasteiger charge is -2.24. The molecular weight excluding hydrogens is 376 g/mol. The van der Waals surface area contributed by atoms with E-state index in [2.05, 4.69) is 5.10 Å². The van der Waals surface area contributed by atoms with Gasteiger partial charge in [-0.05, 0) is 49.1 Å². The molecule has 1 heterocycles. The summed E-state index contributed by atoms with van der Waals surface area (Å²) in [5.74, 6) is 0.192. The van der Waals surface area contributed by atoms with Gasteiger partial charge in [-0.3, -0.25) is 0 Å². The summed E-state index contributed by atoms with van der Waals surface area (Å²) in [5, 5.41) is 14.2. The first-order valence-corrected chi connectivity index (χ1v) is 10.8. The number of nitrogens with zero attached hydrogens (tertiary/aromatic N) is 2. The maximum Gasteiger partial charge on any atom is 0.356 e. The Bertz CT molecular complexity index is 987. The molecular formula is C25H28N2O3. The Balaban J connectivity index is 1.63. The lowest BCUT2D eigenvalue weighted by Crippen LogP contribution is -2.12. The predicted octanol–water partition coefficient (Wildman–Crippen LogP) is 5.76. The fraction of sp³-hybridized carbons (Fsp3) is 0.360. The molecule has 1 aliphatic rings. The highest BCUT2D eigenvalue weighted by molar-refractivity contribution is 5.87. The van der Waals surface area contributed by atoms with Crippen LogP contribution in [0.15, 0.2) is 54.6 Å². The number of carboxylic acids is 1.